The molecule has 3 rings (SSSR count). The van der Waals surface area contributed by atoms with Gasteiger partial charge in [0.25, 0.3) is 5.91 Å². The third-order valence-corrected chi connectivity index (χ3v) is 3.98. The van der Waals surface area contributed by atoms with Crippen molar-refractivity contribution in [1.82, 2.24) is 0 Å². The fourth-order valence-electron chi connectivity index (χ4n) is 2.83. The van der Waals surface area contributed by atoms with Gasteiger partial charge in [-0.3, -0.25) is 4.79 Å². The predicted octanol–water partition coefficient (Wildman–Crippen LogP) is 3.61. The molecule has 0 aromatic heterocycles. The maximum Gasteiger partial charge on any atom is 0.258 e. The minimum Gasteiger partial charge on any atom is -0.490 e. The van der Waals surface area contributed by atoms with Crippen LogP contribution in [0.4, 0.5) is 5.69 Å². The summed E-state index contributed by atoms with van der Waals surface area (Å²) in [6, 6.07) is 13.3. The summed E-state index contributed by atoms with van der Waals surface area (Å²) in [5, 5.41) is 0. The Bertz CT molecular complexity index is 877. The van der Waals surface area contributed by atoms with E-state index < -0.39 is 0 Å². The van der Waals surface area contributed by atoms with E-state index in [0.29, 0.717) is 23.7 Å². The van der Waals surface area contributed by atoms with Crippen molar-refractivity contribution in [2.45, 2.75) is 6.92 Å². The number of benzene rings is 2. The average Bonchev–Trinajstić information content (AvgIpc) is 2.87. The Kier molecular flexibility index (Phi) is 4.76. The van der Waals surface area contributed by atoms with Gasteiger partial charge in [0, 0.05) is 18.2 Å². The molecule has 0 unspecified atom stereocenters. The molecule has 4 nitrogen and oxygen atoms in total. The van der Waals surface area contributed by atoms with Crippen LogP contribution >= 0.6 is 0 Å². The SMILES string of the molecule is C#CCOc1ccc(/C=C2/C(=O)N(C)c3ccccc32)cc1OCC. The van der Waals surface area contributed by atoms with E-state index in [1.165, 1.54) is 0 Å². The van der Waals surface area contributed by atoms with Crippen LogP contribution < -0.4 is 14.4 Å². The number of likely N-dealkylation sites (N-methyl/N-ethyl adjacent to an activating group) is 1. The first-order chi connectivity index (χ1) is 12.2. The number of ether oxygens (including phenoxy) is 2. The number of hydrogen-bond acceptors (Lipinski definition) is 3. The number of hydrogen-bond donors (Lipinski definition) is 0. The van der Waals surface area contributed by atoms with Gasteiger partial charge in [0.2, 0.25) is 0 Å². The van der Waals surface area contributed by atoms with Crippen molar-refractivity contribution in [3.63, 3.8) is 0 Å². The highest BCUT2D eigenvalue weighted by molar-refractivity contribution is 6.35. The van der Waals surface area contributed by atoms with Gasteiger partial charge in [0.05, 0.1) is 12.3 Å². The van der Waals surface area contributed by atoms with E-state index in [2.05, 4.69) is 5.92 Å². The summed E-state index contributed by atoms with van der Waals surface area (Å²) < 4.78 is 11.1. The Morgan fingerprint density at radius 1 is 1.16 bits per heavy atom. The van der Waals surface area contributed by atoms with Crippen LogP contribution in [-0.2, 0) is 4.79 Å². The highest BCUT2D eigenvalue weighted by atomic mass is 16.5. The molecule has 0 bridgehead atoms. The molecule has 1 heterocycles. The lowest BCUT2D eigenvalue weighted by atomic mass is 10.0. The normalized spacial score (nSPS) is 14.4. The lowest BCUT2D eigenvalue weighted by molar-refractivity contribution is -0.112. The minimum absolute atomic E-state index is 0.0215. The highest BCUT2D eigenvalue weighted by Crippen LogP contribution is 2.37. The van der Waals surface area contributed by atoms with Crippen LogP contribution in [0.2, 0.25) is 0 Å². The van der Waals surface area contributed by atoms with Gasteiger partial charge in [0.1, 0.15) is 6.61 Å². The van der Waals surface area contributed by atoms with E-state index in [1.807, 2.05) is 55.5 Å². The second-order valence-corrected chi connectivity index (χ2v) is 5.57. The third kappa shape index (κ3) is 3.22. The molecule has 4 heteroatoms. The summed E-state index contributed by atoms with van der Waals surface area (Å²) in [6.07, 6.45) is 7.12. The van der Waals surface area contributed by atoms with Crippen molar-refractivity contribution < 1.29 is 14.3 Å². The second-order valence-electron chi connectivity index (χ2n) is 5.57. The van der Waals surface area contributed by atoms with Gasteiger partial charge in [-0.15, -0.1) is 6.42 Å². The number of para-hydroxylation sites is 1. The van der Waals surface area contributed by atoms with Crippen molar-refractivity contribution in [2.75, 3.05) is 25.2 Å². The zero-order valence-corrected chi connectivity index (χ0v) is 14.3. The molecule has 0 spiro atoms. The molecule has 1 amide bonds. The molecule has 0 atom stereocenters. The topological polar surface area (TPSA) is 38.8 Å². The maximum absolute atomic E-state index is 12.6. The van der Waals surface area contributed by atoms with Gasteiger partial charge in [0.15, 0.2) is 11.5 Å². The Morgan fingerprint density at radius 3 is 2.72 bits per heavy atom. The molecule has 126 valence electrons. The van der Waals surface area contributed by atoms with Crippen molar-refractivity contribution in [2.24, 2.45) is 0 Å². The average molecular weight is 333 g/mol. The first kappa shape index (κ1) is 16.7. The van der Waals surface area contributed by atoms with Crippen molar-refractivity contribution in [3.05, 3.63) is 53.6 Å². The third-order valence-electron chi connectivity index (χ3n) is 3.98. The van der Waals surface area contributed by atoms with Crippen LogP contribution in [0.25, 0.3) is 11.6 Å². The van der Waals surface area contributed by atoms with E-state index in [-0.39, 0.29) is 12.5 Å². The second kappa shape index (κ2) is 7.14. The summed E-state index contributed by atoms with van der Waals surface area (Å²) in [5.41, 5.74) is 3.38. The number of terminal acetylenes is 1. The molecule has 0 saturated heterocycles. The molecule has 1 aliphatic heterocycles. The van der Waals surface area contributed by atoms with Gasteiger partial charge in [-0.1, -0.05) is 30.2 Å². The van der Waals surface area contributed by atoms with Gasteiger partial charge < -0.3 is 14.4 Å². The first-order valence-corrected chi connectivity index (χ1v) is 8.08. The van der Waals surface area contributed by atoms with Gasteiger partial charge in [-0.2, -0.15) is 0 Å². The Balaban J connectivity index is 2.00. The van der Waals surface area contributed by atoms with Gasteiger partial charge in [-0.05, 0) is 36.8 Å². The van der Waals surface area contributed by atoms with Crippen molar-refractivity contribution in [1.29, 1.82) is 0 Å². The summed E-state index contributed by atoms with van der Waals surface area (Å²) >= 11 is 0. The van der Waals surface area contributed by atoms with Gasteiger partial charge in [-0.25, -0.2) is 0 Å². The molecule has 0 aliphatic carbocycles. The first-order valence-electron chi connectivity index (χ1n) is 8.08. The smallest absolute Gasteiger partial charge is 0.258 e. The summed E-state index contributed by atoms with van der Waals surface area (Å²) in [5.74, 6) is 3.62. The number of carbonyl (C=O) groups is 1. The highest BCUT2D eigenvalue weighted by Gasteiger charge is 2.29. The molecular formula is C21H19NO3. The van der Waals surface area contributed by atoms with Crippen molar-refractivity contribution >= 4 is 23.2 Å². The van der Waals surface area contributed by atoms with E-state index in [0.717, 1.165) is 16.8 Å². The fourth-order valence-corrected chi connectivity index (χ4v) is 2.83. The van der Waals surface area contributed by atoms with Crippen LogP contribution in [-0.4, -0.2) is 26.2 Å². The number of anilines is 1. The fraction of sp³-hybridized carbons (Fsp3) is 0.190. The summed E-state index contributed by atoms with van der Waals surface area (Å²) in [6.45, 7) is 2.59. The van der Waals surface area contributed by atoms with Crippen LogP contribution in [0.3, 0.4) is 0 Å². The maximum atomic E-state index is 12.6. The molecule has 1 aliphatic rings. The zero-order chi connectivity index (χ0) is 17.8. The van der Waals surface area contributed by atoms with Crippen LogP contribution in [0.5, 0.6) is 11.5 Å². The Hall–Kier alpha value is -3.19. The van der Waals surface area contributed by atoms with Crippen LogP contribution in [0.15, 0.2) is 42.5 Å². The number of amides is 1. The zero-order valence-electron chi connectivity index (χ0n) is 14.3. The largest absolute Gasteiger partial charge is 0.490 e. The molecule has 2 aromatic rings. The molecule has 0 fully saturated rings. The lowest BCUT2D eigenvalue weighted by Gasteiger charge is -2.11. The van der Waals surface area contributed by atoms with E-state index in [9.17, 15) is 4.79 Å². The molecular weight excluding hydrogens is 314 g/mol. The standard InChI is InChI=1S/C21H19NO3/c1-4-12-25-19-11-10-15(14-20(19)24-5-2)13-17-16-8-6-7-9-18(16)22(3)21(17)23/h1,6-11,13-14H,5,12H2,2-3H3/b17-13+. The number of carbonyl (C=O) groups excluding carboxylic acids is 1. The minimum atomic E-state index is -0.0215. The van der Waals surface area contributed by atoms with Gasteiger partial charge >= 0.3 is 0 Å². The quantitative estimate of drug-likeness (QED) is 0.620. The number of nitrogens with zero attached hydrogens (tertiary/aromatic N) is 1. The van der Waals surface area contributed by atoms with E-state index in [4.69, 9.17) is 15.9 Å². The summed E-state index contributed by atoms with van der Waals surface area (Å²) in [7, 11) is 1.78. The Labute approximate surface area is 147 Å². The molecule has 0 N–H and O–H groups in total. The number of rotatable bonds is 5. The Morgan fingerprint density at radius 2 is 1.96 bits per heavy atom. The van der Waals surface area contributed by atoms with E-state index >= 15 is 0 Å². The monoisotopic (exact) mass is 333 g/mol. The predicted molar refractivity (Wildman–Crippen MR) is 99.7 cm³/mol. The molecule has 25 heavy (non-hydrogen) atoms. The van der Waals surface area contributed by atoms with E-state index in [1.54, 1.807) is 11.9 Å². The lowest BCUT2D eigenvalue weighted by Crippen LogP contribution is -2.20. The summed E-state index contributed by atoms with van der Waals surface area (Å²) in [4.78, 5) is 14.2. The molecule has 0 radical (unpaired) electrons. The molecule has 0 saturated carbocycles. The van der Waals surface area contributed by atoms with Crippen LogP contribution in [0, 0.1) is 12.3 Å². The number of fused-ring (bicyclic) bond motifs is 1. The van der Waals surface area contributed by atoms with Crippen molar-refractivity contribution in [3.8, 4) is 23.8 Å². The van der Waals surface area contributed by atoms with Crippen LogP contribution in [0.1, 0.15) is 18.1 Å². The molecule has 2 aromatic carbocycles.